The van der Waals surface area contributed by atoms with Crippen LogP contribution in [0.4, 0.5) is 4.39 Å². The van der Waals surface area contributed by atoms with Gasteiger partial charge in [-0.25, -0.2) is 4.39 Å². The van der Waals surface area contributed by atoms with Crippen molar-refractivity contribution >= 4 is 5.91 Å². The quantitative estimate of drug-likeness (QED) is 0.749. The van der Waals surface area contributed by atoms with Crippen LogP contribution in [0.15, 0.2) is 24.4 Å². The molecule has 7 heteroatoms. The molecule has 1 fully saturated rings. The Morgan fingerprint density at radius 2 is 2.28 bits per heavy atom. The molecule has 1 aliphatic carbocycles. The number of hydrogen-bond acceptors (Lipinski definition) is 4. The lowest BCUT2D eigenvalue weighted by Gasteiger charge is -2.38. The van der Waals surface area contributed by atoms with E-state index in [1.54, 1.807) is 6.07 Å². The minimum Gasteiger partial charge on any atom is -0.496 e. The molecule has 1 aromatic carbocycles. The fourth-order valence-corrected chi connectivity index (χ4v) is 3.30. The van der Waals surface area contributed by atoms with E-state index in [1.165, 1.54) is 25.4 Å². The standard InChI is InChI=1S/C18H22FN3O3/c1-3-15-14(9-20-22-15)18(24)21-17(10-6-12(23)7-10)13-8-11(19)4-5-16(13)25-2/h4-5,8-10,12,17,23H,3,6-7H2,1-2H3,(H,20,22)(H,21,24). The van der Waals surface area contributed by atoms with Crippen LogP contribution in [0.1, 0.15) is 47.4 Å². The zero-order valence-electron chi connectivity index (χ0n) is 14.3. The van der Waals surface area contributed by atoms with Gasteiger partial charge < -0.3 is 15.2 Å². The highest BCUT2D eigenvalue weighted by Gasteiger charge is 2.37. The number of rotatable bonds is 6. The zero-order valence-corrected chi connectivity index (χ0v) is 14.3. The predicted molar refractivity (Wildman–Crippen MR) is 89.9 cm³/mol. The van der Waals surface area contributed by atoms with E-state index in [1.807, 2.05) is 6.92 Å². The highest BCUT2D eigenvalue weighted by atomic mass is 19.1. The molecule has 0 saturated heterocycles. The van der Waals surface area contributed by atoms with Crippen molar-refractivity contribution in [3.8, 4) is 5.75 Å². The molecule has 1 amide bonds. The number of methoxy groups -OCH3 is 1. The number of ether oxygens (including phenoxy) is 1. The van der Waals surface area contributed by atoms with Crippen LogP contribution in [0.25, 0.3) is 0 Å². The van der Waals surface area contributed by atoms with E-state index in [0.29, 0.717) is 36.1 Å². The van der Waals surface area contributed by atoms with Crippen LogP contribution in [0, 0.1) is 11.7 Å². The van der Waals surface area contributed by atoms with E-state index in [-0.39, 0.29) is 17.9 Å². The minimum atomic E-state index is -0.443. The van der Waals surface area contributed by atoms with Gasteiger partial charge in [-0.3, -0.25) is 9.89 Å². The summed E-state index contributed by atoms with van der Waals surface area (Å²) in [5, 5.41) is 19.4. The molecule has 6 nitrogen and oxygen atoms in total. The lowest BCUT2D eigenvalue weighted by atomic mass is 9.74. The summed E-state index contributed by atoms with van der Waals surface area (Å²) in [7, 11) is 1.51. The number of aliphatic hydroxyl groups excluding tert-OH is 1. The number of aromatic nitrogens is 2. The second kappa shape index (κ2) is 7.23. The second-order valence-corrected chi connectivity index (χ2v) is 6.34. The van der Waals surface area contributed by atoms with Gasteiger partial charge in [-0.05, 0) is 43.4 Å². The Labute approximate surface area is 145 Å². The summed E-state index contributed by atoms with van der Waals surface area (Å²) in [5.74, 6) is -0.140. The van der Waals surface area contributed by atoms with Gasteiger partial charge in [0.25, 0.3) is 5.91 Å². The number of halogens is 1. The molecule has 1 unspecified atom stereocenters. The SMILES string of the molecule is CCc1[nH]ncc1C(=O)NC(c1cc(F)ccc1OC)C1CC(O)C1. The van der Waals surface area contributed by atoms with Gasteiger partial charge in [0, 0.05) is 11.3 Å². The summed E-state index contributed by atoms with van der Waals surface area (Å²) in [6.07, 6.45) is 2.86. The molecule has 25 heavy (non-hydrogen) atoms. The average molecular weight is 347 g/mol. The molecule has 2 aromatic rings. The van der Waals surface area contributed by atoms with Gasteiger partial charge >= 0.3 is 0 Å². The van der Waals surface area contributed by atoms with E-state index < -0.39 is 11.9 Å². The lowest BCUT2D eigenvalue weighted by Crippen LogP contribution is -2.41. The minimum absolute atomic E-state index is 0.0200. The van der Waals surface area contributed by atoms with Gasteiger partial charge in [0.1, 0.15) is 11.6 Å². The van der Waals surface area contributed by atoms with Crippen molar-refractivity contribution in [3.05, 3.63) is 47.0 Å². The van der Waals surface area contributed by atoms with Gasteiger partial charge in [0.15, 0.2) is 0 Å². The van der Waals surface area contributed by atoms with Crippen LogP contribution in [0.5, 0.6) is 5.75 Å². The van der Waals surface area contributed by atoms with Crippen molar-refractivity contribution in [2.75, 3.05) is 7.11 Å². The zero-order chi connectivity index (χ0) is 18.0. The van der Waals surface area contributed by atoms with E-state index in [0.717, 1.165) is 5.69 Å². The number of nitrogens with one attached hydrogen (secondary N) is 2. The molecule has 3 rings (SSSR count). The Morgan fingerprint density at radius 3 is 2.92 bits per heavy atom. The molecule has 0 radical (unpaired) electrons. The van der Waals surface area contributed by atoms with Crippen molar-refractivity contribution in [1.29, 1.82) is 0 Å². The van der Waals surface area contributed by atoms with Crippen LogP contribution in [-0.4, -0.2) is 34.4 Å². The number of hydrogen-bond donors (Lipinski definition) is 3. The number of amides is 1. The van der Waals surface area contributed by atoms with Crippen molar-refractivity contribution in [1.82, 2.24) is 15.5 Å². The molecular weight excluding hydrogens is 325 g/mol. The van der Waals surface area contributed by atoms with Crippen LogP contribution in [-0.2, 0) is 6.42 Å². The number of carbonyl (C=O) groups excluding carboxylic acids is 1. The van der Waals surface area contributed by atoms with Gasteiger partial charge in [-0.2, -0.15) is 5.10 Å². The topological polar surface area (TPSA) is 87.2 Å². The first kappa shape index (κ1) is 17.4. The Morgan fingerprint density at radius 1 is 1.52 bits per heavy atom. The fourth-order valence-electron chi connectivity index (χ4n) is 3.30. The van der Waals surface area contributed by atoms with E-state index in [4.69, 9.17) is 4.74 Å². The maximum Gasteiger partial charge on any atom is 0.255 e. The van der Waals surface area contributed by atoms with Crippen molar-refractivity contribution in [3.63, 3.8) is 0 Å². The predicted octanol–water partition coefficient (Wildman–Crippen LogP) is 2.36. The summed E-state index contributed by atoms with van der Waals surface area (Å²) in [4.78, 5) is 12.7. The maximum absolute atomic E-state index is 13.8. The van der Waals surface area contributed by atoms with E-state index >= 15 is 0 Å². The summed E-state index contributed by atoms with van der Waals surface area (Å²) < 4.78 is 19.1. The number of aromatic amines is 1. The molecule has 1 heterocycles. The van der Waals surface area contributed by atoms with E-state index in [9.17, 15) is 14.3 Å². The van der Waals surface area contributed by atoms with Crippen molar-refractivity contribution < 1.29 is 19.0 Å². The summed E-state index contributed by atoms with van der Waals surface area (Å²) in [6, 6.07) is 3.81. The molecule has 0 bridgehead atoms. The number of aliphatic hydroxyl groups is 1. The molecule has 1 saturated carbocycles. The number of benzene rings is 1. The number of aryl methyl sites for hydroxylation is 1. The monoisotopic (exact) mass is 347 g/mol. The normalized spacial score (nSPS) is 20.6. The molecule has 1 aromatic heterocycles. The van der Waals surface area contributed by atoms with Gasteiger partial charge in [0.2, 0.25) is 0 Å². The van der Waals surface area contributed by atoms with Gasteiger partial charge in [-0.15, -0.1) is 0 Å². The molecule has 1 atom stereocenters. The molecule has 0 aliphatic heterocycles. The molecular formula is C18H22FN3O3. The summed E-state index contributed by atoms with van der Waals surface area (Å²) in [5.41, 5.74) is 1.80. The Bertz CT molecular complexity index is 756. The second-order valence-electron chi connectivity index (χ2n) is 6.34. The first-order valence-corrected chi connectivity index (χ1v) is 8.38. The summed E-state index contributed by atoms with van der Waals surface area (Å²) in [6.45, 7) is 1.93. The van der Waals surface area contributed by atoms with Crippen molar-refractivity contribution in [2.45, 2.75) is 38.3 Å². The third-order valence-electron chi connectivity index (χ3n) is 4.75. The highest BCUT2D eigenvalue weighted by Crippen LogP contribution is 2.41. The maximum atomic E-state index is 13.8. The third kappa shape index (κ3) is 3.51. The number of carbonyl (C=O) groups is 1. The molecule has 0 spiro atoms. The van der Waals surface area contributed by atoms with Crippen molar-refractivity contribution in [2.24, 2.45) is 5.92 Å². The molecule has 3 N–H and O–H groups in total. The Balaban J connectivity index is 1.91. The van der Waals surface area contributed by atoms with Crippen LogP contribution < -0.4 is 10.1 Å². The van der Waals surface area contributed by atoms with Gasteiger partial charge in [0.05, 0.1) is 31.0 Å². The first-order valence-electron chi connectivity index (χ1n) is 8.38. The van der Waals surface area contributed by atoms with E-state index in [2.05, 4.69) is 15.5 Å². The highest BCUT2D eigenvalue weighted by molar-refractivity contribution is 5.95. The Kier molecular flexibility index (Phi) is 5.03. The fraction of sp³-hybridized carbons (Fsp3) is 0.444. The average Bonchev–Trinajstić information content (AvgIpc) is 3.06. The smallest absolute Gasteiger partial charge is 0.255 e. The van der Waals surface area contributed by atoms with Gasteiger partial charge in [-0.1, -0.05) is 6.92 Å². The third-order valence-corrected chi connectivity index (χ3v) is 4.75. The molecule has 134 valence electrons. The lowest BCUT2D eigenvalue weighted by molar-refractivity contribution is 0.0231. The first-order chi connectivity index (χ1) is 12.0. The number of nitrogens with zero attached hydrogens (tertiary/aromatic N) is 1. The molecule has 1 aliphatic rings. The largest absolute Gasteiger partial charge is 0.496 e. The number of H-pyrrole nitrogens is 1. The Hall–Kier alpha value is -2.41. The van der Waals surface area contributed by atoms with Crippen LogP contribution in [0.2, 0.25) is 0 Å². The van der Waals surface area contributed by atoms with Crippen LogP contribution in [0.3, 0.4) is 0 Å². The van der Waals surface area contributed by atoms with Crippen LogP contribution >= 0.6 is 0 Å². The summed E-state index contributed by atoms with van der Waals surface area (Å²) >= 11 is 0.